The SMILES string of the molecule is CCC(C)c1ccc(S(=O)(=O)N(C)CCCN)cc1. The summed E-state index contributed by atoms with van der Waals surface area (Å²) < 4.78 is 25.9. The molecular weight excluding hydrogens is 260 g/mol. The number of hydrogen-bond donors (Lipinski definition) is 1. The summed E-state index contributed by atoms with van der Waals surface area (Å²) >= 11 is 0. The molecule has 0 aliphatic carbocycles. The molecule has 0 saturated carbocycles. The van der Waals surface area contributed by atoms with Gasteiger partial charge in [0.15, 0.2) is 0 Å². The van der Waals surface area contributed by atoms with Crippen LogP contribution in [0.1, 0.15) is 38.2 Å². The Kier molecular flexibility index (Phi) is 5.97. The fraction of sp³-hybridized carbons (Fsp3) is 0.571. The molecule has 0 radical (unpaired) electrons. The van der Waals surface area contributed by atoms with Crippen molar-refractivity contribution in [2.24, 2.45) is 5.73 Å². The van der Waals surface area contributed by atoms with E-state index in [0.717, 1.165) is 6.42 Å². The Bertz CT molecular complexity index is 483. The molecule has 0 aliphatic heterocycles. The van der Waals surface area contributed by atoms with E-state index in [1.165, 1.54) is 9.87 Å². The smallest absolute Gasteiger partial charge is 0.242 e. The van der Waals surface area contributed by atoms with E-state index in [2.05, 4.69) is 13.8 Å². The summed E-state index contributed by atoms with van der Waals surface area (Å²) in [7, 11) is -1.79. The zero-order valence-corrected chi connectivity index (χ0v) is 12.8. The van der Waals surface area contributed by atoms with Crippen LogP contribution in [0.2, 0.25) is 0 Å². The monoisotopic (exact) mass is 284 g/mol. The summed E-state index contributed by atoms with van der Waals surface area (Å²) in [5.74, 6) is 0.451. The molecule has 0 aromatic heterocycles. The molecule has 0 heterocycles. The van der Waals surface area contributed by atoms with Crippen LogP contribution in [-0.4, -0.2) is 32.9 Å². The van der Waals surface area contributed by atoms with Crippen LogP contribution in [0.25, 0.3) is 0 Å². The van der Waals surface area contributed by atoms with Gasteiger partial charge in [-0.2, -0.15) is 0 Å². The Morgan fingerprint density at radius 1 is 1.26 bits per heavy atom. The van der Waals surface area contributed by atoms with E-state index < -0.39 is 10.0 Å². The molecule has 108 valence electrons. The summed E-state index contributed by atoms with van der Waals surface area (Å²) in [6.07, 6.45) is 1.71. The van der Waals surface area contributed by atoms with Gasteiger partial charge >= 0.3 is 0 Å². The molecule has 0 aliphatic rings. The number of benzene rings is 1. The number of nitrogens with zero attached hydrogens (tertiary/aromatic N) is 1. The lowest BCUT2D eigenvalue weighted by Crippen LogP contribution is -2.29. The van der Waals surface area contributed by atoms with Crippen molar-refractivity contribution in [3.8, 4) is 0 Å². The fourth-order valence-corrected chi connectivity index (χ4v) is 3.03. The Morgan fingerprint density at radius 2 is 1.84 bits per heavy atom. The van der Waals surface area contributed by atoms with Gasteiger partial charge in [0, 0.05) is 13.6 Å². The molecule has 0 bridgehead atoms. The van der Waals surface area contributed by atoms with Gasteiger partial charge in [-0.25, -0.2) is 12.7 Å². The second-order valence-corrected chi connectivity index (χ2v) is 6.89. The maximum Gasteiger partial charge on any atom is 0.242 e. The van der Waals surface area contributed by atoms with E-state index in [1.807, 2.05) is 12.1 Å². The average molecular weight is 284 g/mol. The molecule has 5 heteroatoms. The lowest BCUT2D eigenvalue weighted by Gasteiger charge is -2.17. The van der Waals surface area contributed by atoms with Crippen molar-refractivity contribution in [1.29, 1.82) is 0 Å². The highest BCUT2D eigenvalue weighted by Gasteiger charge is 2.20. The molecule has 1 aromatic rings. The lowest BCUT2D eigenvalue weighted by molar-refractivity contribution is 0.463. The standard InChI is InChI=1S/C14H24N2O2S/c1-4-12(2)13-6-8-14(9-7-13)19(17,18)16(3)11-5-10-15/h6-9,12H,4-5,10-11,15H2,1-3H3. The van der Waals surface area contributed by atoms with Crippen LogP contribution in [-0.2, 0) is 10.0 Å². The third-order valence-corrected chi connectivity index (χ3v) is 5.32. The van der Waals surface area contributed by atoms with E-state index >= 15 is 0 Å². The quantitative estimate of drug-likeness (QED) is 0.834. The fourth-order valence-electron chi connectivity index (χ4n) is 1.82. The topological polar surface area (TPSA) is 63.4 Å². The third kappa shape index (κ3) is 4.03. The zero-order valence-electron chi connectivity index (χ0n) is 12.0. The molecule has 1 aromatic carbocycles. The minimum atomic E-state index is -3.38. The van der Waals surface area contributed by atoms with Crippen molar-refractivity contribution >= 4 is 10.0 Å². The number of hydrogen-bond acceptors (Lipinski definition) is 3. The Balaban J connectivity index is 2.90. The molecule has 1 atom stereocenters. The molecule has 4 nitrogen and oxygen atoms in total. The van der Waals surface area contributed by atoms with Gasteiger partial charge in [0.2, 0.25) is 10.0 Å². The number of sulfonamides is 1. The van der Waals surface area contributed by atoms with Crippen molar-refractivity contribution < 1.29 is 8.42 Å². The van der Waals surface area contributed by atoms with Crippen molar-refractivity contribution in [3.63, 3.8) is 0 Å². The summed E-state index contributed by atoms with van der Waals surface area (Å²) in [6.45, 7) is 5.20. The zero-order chi connectivity index (χ0) is 14.5. The maximum absolute atomic E-state index is 12.3. The van der Waals surface area contributed by atoms with Crippen LogP contribution < -0.4 is 5.73 Å². The van der Waals surface area contributed by atoms with Crippen LogP contribution in [0.4, 0.5) is 0 Å². The van der Waals surface area contributed by atoms with Gasteiger partial charge in [-0.05, 0) is 43.0 Å². The van der Waals surface area contributed by atoms with Gasteiger partial charge in [0.05, 0.1) is 4.90 Å². The van der Waals surface area contributed by atoms with E-state index in [9.17, 15) is 8.42 Å². The van der Waals surface area contributed by atoms with Gasteiger partial charge in [-0.1, -0.05) is 26.0 Å². The van der Waals surface area contributed by atoms with Crippen LogP contribution in [0.3, 0.4) is 0 Å². The molecule has 0 spiro atoms. The van der Waals surface area contributed by atoms with Gasteiger partial charge in [-0.15, -0.1) is 0 Å². The summed E-state index contributed by atoms with van der Waals surface area (Å²) in [4.78, 5) is 0.346. The maximum atomic E-state index is 12.3. The first kappa shape index (κ1) is 16.1. The van der Waals surface area contributed by atoms with Crippen molar-refractivity contribution in [2.75, 3.05) is 20.1 Å². The van der Waals surface area contributed by atoms with Crippen LogP contribution >= 0.6 is 0 Å². The molecular formula is C14H24N2O2S. The summed E-state index contributed by atoms with van der Waals surface area (Å²) in [5, 5.41) is 0. The van der Waals surface area contributed by atoms with Gasteiger partial charge in [0.25, 0.3) is 0 Å². The van der Waals surface area contributed by atoms with Gasteiger partial charge in [0.1, 0.15) is 0 Å². The molecule has 1 unspecified atom stereocenters. The summed E-state index contributed by atoms with van der Waals surface area (Å²) in [5.41, 5.74) is 6.58. The molecule has 0 saturated heterocycles. The Morgan fingerprint density at radius 3 is 2.32 bits per heavy atom. The Hall–Kier alpha value is -0.910. The molecule has 2 N–H and O–H groups in total. The first-order chi connectivity index (χ1) is 8.93. The normalized spacial score (nSPS) is 13.7. The highest BCUT2D eigenvalue weighted by Crippen LogP contribution is 2.21. The van der Waals surface area contributed by atoms with Gasteiger partial charge < -0.3 is 5.73 Å². The predicted octanol–water partition coefficient (Wildman–Crippen LogP) is 2.17. The van der Waals surface area contributed by atoms with Crippen molar-refractivity contribution in [3.05, 3.63) is 29.8 Å². The van der Waals surface area contributed by atoms with E-state index in [0.29, 0.717) is 30.3 Å². The second kappa shape index (κ2) is 7.03. The van der Waals surface area contributed by atoms with Crippen LogP contribution in [0.5, 0.6) is 0 Å². The van der Waals surface area contributed by atoms with Gasteiger partial charge in [-0.3, -0.25) is 0 Å². The lowest BCUT2D eigenvalue weighted by atomic mass is 9.99. The third-order valence-electron chi connectivity index (χ3n) is 3.45. The first-order valence-corrected chi connectivity index (χ1v) is 8.13. The average Bonchev–Trinajstić information content (AvgIpc) is 2.43. The van der Waals surface area contributed by atoms with E-state index in [4.69, 9.17) is 5.73 Å². The minimum absolute atomic E-state index is 0.346. The van der Waals surface area contributed by atoms with Crippen molar-refractivity contribution in [1.82, 2.24) is 4.31 Å². The van der Waals surface area contributed by atoms with Crippen LogP contribution in [0, 0.1) is 0 Å². The molecule has 0 fully saturated rings. The largest absolute Gasteiger partial charge is 0.330 e. The highest BCUT2D eigenvalue weighted by atomic mass is 32.2. The Labute approximate surface area is 116 Å². The minimum Gasteiger partial charge on any atom is -0.330 e. The first-order valence-electron chi connectivity index (χ1n) is 6.69. The molecule has 19 heavy (non-hydrogen) atoms. The number of rotatable bonds is 7. The van der Waals surface area contributed by atoms with Crippen LogP contribution in [0.15, 0.2) is 29.2 Å². The highest BCUT2D eigenvalue weighted by molar-refractivity contribution is 7.89. The summed E-state index contributed by atoms with van der Waals surface area (Å²) in [6, 6.07) is 7.18. The van der Waals surface area contributed by atoms with E-state index in [1.54, 1.807) is 19.2 Å². The van der Waals surface area contributed by atoms with Crippen molar-refractivity contribution in [2.45, 2.75) is 37.5 Å². The molecule has 0 amide bonds. The molecule has 1 rings (SSSR count). The second-order valence-electron chi connectivity index (χ2n) is 4.85. The van der Waals surface area contributed by atoms with E-state index in [-0.39, 0.29) is 0 Å². The number of nitrogens with two attached hydrogens (primary N) is 1. The predicted molar refractivity (Wildman–Crippen MR) is 78.6 cm³/mol.